The zero-order chi connectivity index (χ0) is 7.19. The lowest BCUT2D eigenvalue weighted by Gasteiger charge is -2.13. The van der Waals surface area contributed by atoms with Gasteiger partial charge in [-0.2, -0.15) is 0 Å². The van der Waals surface area contributed by atoms with Crippen LogP contribution in [0.15, 0.2) is 0 Å². The summed E-state index contributed by atoms with van der Waals surface area (Å²) in [5.41, 5.74) is -0.679. The third-order valence-electron chi connectivity index (χ3n) is 2.03. The number of hydrogen-bond donors (Lipinski definition) is 2. The Kier molecular flexibility index (Phi) is 1.25. The van der Waals surface area contributed by atoms with E-state index in [0.717, 1.165) is 0 Å². The van der Waals surface area contributed by atoms with Gasteiger partial charge in [-0.1, -0.05) is 0 Å². The fourth-order valence-corrected chi connectivity index (χ4v) is 1.02. The van der Waals surface area contributed by atoms with E-state index >= 15 is 0 Å². The average Bonchev–Trinajstić information content (AvgIpc) is 2.84. The first-order valence-electron chi connectivity index (χ1n) is 3.33. The van der Waals surface area contributed by atoms with Gasteiger partial charge in [-0.3, -0.25) is 0 Å². The van der Waals surface area contributed by atoms with Crippen molar-refractivity contribution in [3.05, 3.63) is 0 Å². The minimum absolute atomic E-state index is 0.102. The molecule has 2 rings (SSSR count). The van der Waals surface area contributed by atoms with Gasteiger partial charge in [0.25, 0.3) is 0 Å². The zero-order valence-corrected chi connectivity index (χ0v) is 5.49. The predicted octanol–water partition coefficient (Wildman–Crippen LogP) is -1.49. The Labute approximate surface area is 58.4 Å². The zero-order valence-electron chi connectivity index (χ0n) is 5.49. The minimum Gasteiger partial charge on any atom is -0.393 e. The van der Waals surface area contributed by atoms with Gasteiger partial charge in [-0.15, -0.1) is 0 Å². The molecule has 0 saturated carbocycles. The van der Waals surface area contributed by atoms with Gasteiger partial charge in [0.05, 0.1) is 19.8 Å². The second-order valence-corrected chi connectivity index (χ2v) is 2.83. The van der Waals surface area contributed by atoms with Crippen molar-refractivity contribution < 1.29 is 19.7 Å². The van der Waals surface area contributed by atoms with Crippen molar-refractivity contribution in [2.45, 2.75) is 17.8 Å². The fraction of sp³-hybridized carbons (Fsp3) is 1.00. The molecule has 2 N–H and O–H groups in total. The molecule has 4 nitrogen and oxygen atoms in total. The molecule has 0 aliphatic carbocycles. The second-order valence-electron chi connectivity index (χ2n) is 2.83. The van der Waals surface area contributed by atoms with Crippen LogP contribution in [0.4, 0.5) is 0 Å². The molecule has 10 heavy (non-hydrogen) atoms. The summed E-state index contributed by atoms with van der Waals surface area (Å²) >= 11 is 0. The molecule has 2 fully saturated rings. The van der Waals surface area contributed by atoms with Crippen molar-refractivity contribution in [3.8, 4) is 0 Å². The highest BCUT2D eigenvalue weighted by atomic mass is 16.6. The van der Waals surface area contributed by atoms with E-state index in [1.807, 2.05) is 0 Å². The van der Waals surface area contributed by atoms with E-state index in [4.69, 9.17) is 14.6 Å². The first kappa shape index (κ1) is 6.54. The lowest BCUT2D eigenvalue weighted by Crippen LogP contribution is -2.37. The molecule has 0 aromatic rings. The molecule has 0 radical (unpaired) electrons. The van der Waals surface area contributed by atoms with E-state index in [1.54, 1.807) is 0 Å². The normalized spacial score (nSPS) is 46.8. The van der Waals surface area contributed by atoms with E-state index in [2.05, 4.69) is 0 Å². The lowest BCUT2D eigenvalue weighted by molar-refractivity contribution is 0.0192. The summed E-state index contributed by atoms with van der Waals surface area (Å²) in [4.78, 5) is 0. The Morgan fingerprint density at radius 2 is 2.30 bits per heavy atom. The van der Waals surface area contributed by atoms with Crippen molar-refractivity contribution in [1.29, 1.82) is 0 Å². The summed E-state index contributed by atoms with van der Waals surface area (Å²) in [6.45, 7) is 0.921. The second kappa shape index (κ2) is 1.92. The van der Waals surface area contributed by atoms with Crippen LogP contribution in [0.25, 0.3) is 0 Å². The fourth-order valence-electron chi connectivity index (χ4n) is 1.02. The number of hydrogen-bond acceptors (Lipinski definition) is 4. The molecule has 0 bridgehead atoms. The predicted molar refractivity (Wildman–Crippen MR) is 31.5 cm³/mol. The van der Waals surface area contributed by atoms with Gasteiger partial charge in [-0.25, -0.2) is 0 Å². The summed E-state index contributed by atoms with van der Waals surface area (Å²) in [6, 6.07) is 0. The molecule has 0 aromatic carbocycles. The topological polar surface area (TPSA) is 65.5 Å². The lowest BCUT2D eigenvalue weighted by atomic mass is 10.0. The summed E-state index contributed by atoms with van der Waals surface area (Å²) in [5.74, 6) is 0. The quantitative estimate of drug-likeness (QED) is 0.476. The summed E-state index contributed by atoms with van der Waals surface area (Å²) < 4.78 is 9.79. The largest absolute Gasteiger partial charge is 0.393 e. The molecule has 3 atom stereocenters. The third-order valence-corrected chi connectivity index (χ3v) is 2.03. The Bertz CT molecular complexity index is 139. The molecule has 3 unspecified atom stereocenters. The van der Waals surface area contributed by atoms with Crippen LogP contribution in [-0.4, -0.2) is 47.8 Å². The maximum atomic E-state index is 9.37. The van der Waals surface area contributed by atoms with Gasteiger partial charge in [0, 0.05) is 0 Å². The molecule has 4 heteroatoms. The van der Waals surface area contributed by atoms with E-state index in [9.17, 15) is 5.11 Å². The Hall–Kier alpha value is -0.160. The summed E-state index contributed by atoms with van der Waals surface area (Å²) in [6.07, 6.45) is -0.743. The Morgan fingerprint density at radius 3 is 2.60 bits per heavy atom. The Morgan fingerprint density at radius 1 is 1.70 bits per heavy atom. The first-order valence-corrected chi connectivity index (χ1v) is 3.33. The van der Waals surface area contributed by atoms with Crippen molar-refractivity contribution >= 4 is 0 Å². The number of rotatable bonds is 3. The van der Waals surface area contributed by atoms with Gasteiger partial charge in [0.2, 0.25) is 0 Å². The number of epoxide rings is 2. The monoisotopic (exact) mass is 146 g/mol. The van der Waals surface area contributed by atoms with Gasteiger partial charge in [0.1, 0.15) is 17.8 Å². The molecule has 2 saturated heterocycles. The van der Waals surface area contributed by atoms with E-state index in [0.29, 0.717) is 13.2 Å². The van der Waals surface area contributed by atoms with Gasteiger partial charge >= 0.3 is 0 Å². The van der Waals surface area contributed by atoms with E-state index in [-0.39, 0.29) is 12.7 Å². The number of aliphatic hydroxyl groups excluding tert-OH is 2. The molecule has 0 amide bonds. The Balaban J connectivity index is 1.95. The molecule has 0 spiro atoms. The van der Waals surface area contributed by atoms with Crippen LogP contribution in [-0.2, 0) is 9.47 Å². The summed E-state index contributed by atoms with van der Waals surface area (Å²) in [5, 5.41) is 18.1. The highest BCUT2D eigenvalue weighted by Gasteiger charge is 2.56. The molecule has 2 aliphatic rings. The molecular formula is C6H10O4. The first-order chi connectivity index (χ1) is 4.78. The van der Waals surface area contributed by atoms with Crippen molar-refractivity contribution in [1.82, 2.24) is 0 Å². The minimum atomic E-state index is -0.679. The highest BCUT2D eigenvalue weighted by molar-refractivity contribution is 5.04. The van der Waals surface area contributed by atoms with Crippen LogP contribution in [0.3, 0.4) is 0 Å². The molecule has 2 aliphatic heterocycles. The van der Waals surface area contributed by atoms with Crippen molar-refractivity contribution in [3.63, 3.8) is 0 Å². The van der Waals surface area contributed by atoms with E-state index < -0.39 is 11.7 Å². The van der Waals surface area contributed by atoms with E-state index in [1.165, 1.54) is 0 Å². The highest BCUT2D eigenvalue weighted by Crippen LogP contribution is 2.35. The van der Waals surface area contributed by atoms with Gasteiger partial charge in [0.15, 0.2) is 0 Å². The van der Waals surface area contributed by atoms with Crippen LogP contribution in [0.2, 0.25) is 0 Å². The smallest absolute Gasteiger partial charge is 0.143 e. The van der Waals surface area contributed by atoms with Crippen LogP contribution < -0.4 is 0 Å². The average molecular weight is 146 g/mol. The SMILES string of the molecule is OCC1(C(O)C2CO2)CO1. The third kappa shape index (κ3) is 0.845. The maximum absolute atomic E-state index is 9.37. The molecular weight excluding hydrogens is 136 g/mol. The standard InChI is InChI=1S/C6H10O4/c7-2-6(3-10-6)5(8)4-1-9-4/h4-5,7-8H,1-3H2. The van der Waals surface area contributed by atoms with Crippen molar-refractivity contribution in [2.75, 3.05) is 19.8 Å². The van der Waals surface area contributed by atoms with Gasteiger partial charge in [-0.05, 0) is 0 Å². The summed E-state index contributed by atoms with van der Waals surface area (Å²) in [7, 11) is 0. The molecule has 0 aromatic heterocycles. The molecule has 2 heterocycles. The number of ether oxygens (including phenoxy) is 2. The van der Waals surface area contributed by atoms with Crippen LogP contribution in [0.5, 0.6) is 0 Å². The van der Waals surface area contributed by atoms with Crippen LogP contribution >= 0.6 is 0 Å². The maximum Gasteiger partial charge on any atom is 0.143 e. The van der Waals surface area contributed by atoms with Crippen LogP contribution in [0, 0.1) is 0 Å². The van der Waals surface area contributed by atoms with Crippen LogP contribution in [0.1, 0.15) is 0 Å². The van der Waals surface area contributed by atoms with Crippen molar-refractivity contribution in [2.24, 2.45) is 0 Å². The number of aliphatic hydroxyl groups is 2. The molecule has 58 valence electrons. The van der Waals surface area contributed by atoms with Gasteiger partial charge < -0.3 is 19.7 Å².